The molecule has 4 aromatic rings. The molecule has 38 heavy (non-hydrogen) atoms. The van der Waals surface area contributed by atoms with Gasteiger partial charge in [0.1, 0.15) is 36.3 Å². The quantitative estimate of drug-likeness (QED) is 0.246. The highest BCUT2D eigenvalue weighted by Gasteiger charge is 2.31. The molecule has 194 valence electrons. The van der Waals surface area contributed by atoms with Crippen LogP contribution < -0.4 is 9.47 Å². The molecule has 0 saturated carbocycles. The molecule has 0 bridgehead atoms. The summed E-state index contributed by atoms with van der Waals surface area (Å²) in [6, 6.07) is 25.3. The van der Waals surface area contributed by atoms with Gasteiger partial charge < -0.3 is 14.4 Å². The van der Waals surface area contributed by atoms with E-state index in [0.717, 1.165) is 28.8 Å². The fourth-order valence-corrected chi connectivity index (χ4v) is 4.64. The zero-order valence-electron chi connectivity index (χ0n) is 21.4. The van der Waals surface area contributed by atoms with Gasteiger partial charge in [-0.1, -0.05) is 74.5 Å². The van der Waals surface area contributed by atoms with Crippen molar-refractivity contribution in [3.63, 3.8) is 0 Å². The Hall–Kier alpha value is -4.19. The van der Waals surface area contributed by atoms with Gasteiger partial charge >= 0.3 is 0 Å². The first-order valence-corrected chi connectivity index (χ1v) is 12.7. The van der Waals surface area contributed by atoms with Crippen LogP contribution in [-0.2, 0) is 26.3 Å². The second kappa shape index (κ2) is 11.1. The van der Waals surface area contributed by atoms with Crippen LogP contribution in [0.15, 0.2) is 84.9 Å². The van der Waals surface area contributed by atoms with E-state index in [4.69, 9.17) is 9.47 Å². The number of amides is 1. The van der Waals surface area contributed by atoms with Crippen molar-refractivity contribution in [3.05, 3.63) is 130 Å². The molecule has 0 fully saturated rings. The summed E-state index contributed by atoms with van der Waals surface area (Å²) in [6.45, 7) is 4.67. The van der Waals surface area contributed by atoms with E-state index in [9.17, 15) is 13.6 Å². The summed E-state index contributed by atoms with van der Waals surface area (Å²) in [5, 5.41) is 0. The molecule has 0 atom stereocenters. The summed E-state index contributed by atoms with van der Waals surface area (Å²) in [6.07, 6.45) is 0. The first-order chi connectivity index (χ1) is 18.4. The molecule has 0 radical (unpaired) electrons. The van der Waals surface area contributed by atoms with Gasteiger partial charge in [0, 0.05) is 30.3 Å². The standard InChI is InChI=1S/C32H29F2NO3/c1-21(2)24-15-25(32(36)35-17-26-27(18-35)29(34)14-13-28(26)33)31(38-20-23-11-7-4-8-12-23)16-30(24)37-19-22-9-5-3-6-10-22/h3-16,21H,17-20H2,1-2H3. The zero-order valence-corrected chi connectivity index (χ0v) is 21.4. The summed E-state index contributed by atoms with van der Waals surface area (Å²) in [5.74, 6) is -0.316. The molecule has 0 N–H and O–H groups in total. The molecular weight excluding hydrogens is 484 g/mol. The third-order valence-corrected chi connectivity index (χ3v) is 6.74. The monoisotopic (exact) mass is 513 g/mol. The van der Waals surface area contributed by atoms with Crippen molar-refractivity contribution in [2.24, 2.45) is 0 Å². The van der Waals surface area contributed by atoms with E-state index in [1.165, 1.54) is 4.90 Å². The summed E-state index contributed by atoms with van der Waals surface area (Å²) < 4.78 is 41.2. The van der Waals surface area contributed by atoms with Crippen LogP contribution >= 0.6 is 0 Å². The third-order valence-electron chi connectivity index (χ3n) is 6.74. The minimum atomic E-state index is -0.509. The normalized spacial score (nSPS) is 12.5. The number of ether oxygens (including phenoxy) is 2. The molecule has 1 amide bonds. The Morgan fingerprint density at radius 1 is 0.763 bits per heavy atom. The lowest BCUT2D eigenvalue weighted by Gasteiger charge is -2.22. The SMILES string of the molecule is CC(C)c1cc(C(=O)N2Cc3c(F)ccc(F)c3C2)c(OCc2ccccc2)cc1OCc1ccccc1. The first-order valence-electron chi connectivity index (χ1n) is 12.7. The van der Waals surface area contributed by atoms with E-state index in [-0.39, 0.29) is 42.6 Å². The van der Waals surface area contributed by atoms with E-state index >= 15 is 0 Å². The second-order valence-corrected chi connectivity index (χ2v) is 9.74. The number of nitrogens with zero attached hydrogens (tertiary/aromatic N) is 1. The van der Waals surface area contributed by atoms with Gasteiger partial charge in [-0.25, -0.2) is 8.78 Å². The maximum Gasteiger partial charge on any atom is 0.258 e. The van der Waals surface area contributed by atoms with E-state index in [1.54, 1.807) is 12.1 Å². The first kappa shape index (κ1) is 25.5. The van der Waals surface area contributed by atoms with Gasteiger partial charge in [0.05, 0.1) is 5.56 Å². The van der Waals surface area contributed by atoms with E-state index in [1.807, 2.05) is 74.5 Å². The number of carbonyl (C=O) groups is 1. The Bertz CT molecular complexity index is 1410. The van der Waals surface area contributed by atoms with Gasteiger partial charge in [-0.2, -0.15) is 0 Å². The zero-order chi connectivity index (χ0) is 26.6. The molecular formula is C32H29F2NO3. The highest BCUT2D eigenvalue weighted by Crippen LogP contribution is 2.37. The number of benzene rings is 4. The molecule has 6 heteroatoms. The highest BCUT2D eigenvalue weighted by atomic mass is 19.1. The third kappa shape index (κ3) is 5.40. The predicted molar refractivity (Wildman–Crippen MR) is 142 cm³/mol. The average Bonchev–Trinajstić information content (AvgIpc) is 3.40. The van der Waals surface area contributed by atoms with E-state index in [2.05, 4.69) is 0 Å². The lowest BCUT2D eigenvalue weighted by Crippen LogP contribution is -2.26. The maximum atomic E-state index is 14.4. The summed E-state index contributed by atoms with van der Waals surface area (Å²) in [4.78, 5) is 15.3. The molecule has 0 saturated heterocycles. The molecule has 4 nitrogen and oxygen atoms in total. The number of fused-ring (bicyclic) bond motifs is 1. The number of hydrogen-bond donors (Lipinski definition) is 0. The Labute approximate surface area is 221 Å². The molecule has 0 aliphatic carbocycles. The number of halogens is 2. The molecule has 0 spiro atoms. The Morgan fingerprint density at radius 2 is 1.26 bits per heavy atom. The van der Waals surface area contributed by atoms with Crippen molar-refractivity contribution in [1.82, 2.24) is 4.90 Å². The van der Waals surface area contributed by atoms with Crippen molar-refractivity contribution in [1.29, 1.82) is 0 Å². The fraction of sp³-hybridized carbons (Fsp3) is 0.219. The minimum absolute atomic E-state index is 0.000838. The van der Waals surface area contributed by atoms with Crippen molar-refractivity contribution < 1.29 is 23.0 Å². The highest BCUT2D eigenvalue weighted by molar-refractivity contribution is 5.98. The van der Waals surface area contributed by atoms with Gasteiger partial charge in [-0.05, 0) is 40.8 Å². The molecule has 1 heterocycles. The van der Waals surface area contributed by atoms with Crippen LogP contribution in [-0.4, -0.2) is 10.8 Å². The molecule has 5 rings (SSSR count). The van der Waals surface area contributed by atoms with Gasteiger partial charge in [0.15, 0.2) is 0 Å². The van der Waals surface area contributed by atoms with Crippen molar-refractivity contribution in [3.8, 4) is 11.5 Å². The van der Waals surface area contributed by atoms with Crippen LogP contribution in [0.25, 0.3) is 0 Å². The van der Waals surface area contributed by atoms with Gasteiger partial charge in [-0.15, -0.1) is 0 Å². The van der Waals surface area contributed by atoms with Crippen molar-refractivity contribution in [2.45, 2.75) is 46.1 Å². The van der Waals surface area contributed by atoms with Crippen LogP contribution in [0.2, 0.25) is 0 Å². The lowest BCUT2D eigenvalue weighted by molar-refractivity contribution is 0.0745. The number of hydrogen-bond acceptors (Lipinski definition) is 3. The van der Waals surface area contributed by atoms with Gasteiger partial charge in [0.25, 0.3) is 5.91 Å². The molecule has 4 aromatic carbocycles. The van der Waals surface area contributed by atoms with E-state index in [0.29, 0.717) is 23.7 Å². The van der Waals surface area contributed by atoms with Gasteiger partial charge in [-0.3, -0.25) is 4.79 Å². The largest absolute Gasteiger partial charge is 0.488 e. The minimum Gasteiger partial charge on any atom is -0.488 e. The molecule has 1 aliphatic rings. The predicted octanol–water partition coefficient (Wildman–Crippen LogP) is 7.40. The average molecular weight is 514 g/mol. The van der Waals surface area contributed by atoms with Crippen LogP contribution in [0.3, 0.4) is 0 Å². The van der Waals surface area contributed by atoms with Crippen LogP contribution in [0.1, 0.15) is 57.9 Å². The Kier molecular flexibility index (Phi) is 7.40. The van der Waals surface area contributed by atoms with Crippen molar-refractivity contribution >= 4 is 5.91 Å². The summed E-state index contributed by atoms with van der Waals surface area (Å²) in [7, 11) is 0. The molecule has 1 aliphatic heterocycles. The van der Waals surface area contributed by atoms with E-state index < -0.39 is 11.6 Å². The van der Waals surface area contributed by atoms with Gasteiger partial charge in [0.2, 0.25) is 0 Å². The Balaban J connectivity index is 1.49. The summed E-state index contributed by atoms with van der Waals surface area (Å²) >= 11 is 0. The van der Waals surface area contributed by atoms with Crippen LogP contribution in [0.5, 0.6) is 11.5 Å². The smallest absolute Gasteiger partial charge is 0.258 e. The Morgan fingerprint density at radius 3 is 1.76 bits per heavy atom. The second-order valence-electron chi connectivity index (χ2n) is 9.74. The molecule has 0 aromatic heterocycles. The van der Waals surface area contributed by atoms with Crippen molar-refractivity contribution in [2.75, 3.05) is 0 Å². The lowest BCUT2D eigenvalue weighted by atomic mass is 9.98. The fourth-order valence-electron chi connectivity index (χ4n) is 4.64. The van der Waals surface area contributed by atoms with Crippen LogP contribution in [0.4, 0.5) is 8.78 Å². The number of carbonyl (C=O) groups excluding carboxylic acids is 1. The van der Waals surface area contributed by atoms with Crippen LogP contribution in [0, 0.1) is 11.6 Å². The number of rotatable bonds is 8. The summed E-state index contributed by atoms with van der Waals surface area (Å²) in [5.41, 5.74) is 3.60. The topological polar surface area (TPSA) is 38.8 Å². The maximum absolute atomic E-state index is 14.4. The molecule has 0 unspecified atom stereocenters.